The number of esters is 1. The molecule has 18 heteroatoms. The molecule has 6 amide bonds. The van der Waals surface area contributed by atoms with Crippen molar-refractivity contribution >= 4 is 58.7 Å². The Morgan fingerprint density at radius 3 is 1.20 bits per heavy atom. The monoisotopic (exact) mass is 1120 g/mol. The molecule has 0 unspecified atom stereocenters. The van der Waals surface area contributed by atoms with Crippen LogP contribution in [0.5, 0.6) is 17.2 Å². The highest BCUT2D eigenvalue weighted by Gasteiger charge is 2.38. The van der Waals surface area contributed by atoms with Crippen LogP contribution in [0.3, 0.4) is 0 Å². The summed E-state index contributed by atoms with van der Waals surface area (Å²) in [6, 6.07) is 13.2. The van der Waals surface area contributed by atoms with Crippen LogP contribution in [-0.4, -0.2) is 91.8 Å². The van der Waals surface area contributed by atoms with Crippen LogP contribution in [0.25, 0.3) is 0 Å². The molecule has 3 saturated carbocycles. The number of hydrogen-bond acceptors (Lipinski definition) is 12. The lowest BCUT2D eigenvalue weighted by Gasteiger charge is -2.24. The van der Waals surface area contributed by atoms with Gasteiger partial charge in [-0.25, -0.2) is 9.59 Å². The maximum absolute atomic E-state index is 14.3. The molecule has 3 fully saturated rings. The summed E-state index contributed by atoms with van der Waals surface area (Å²) in [7, 11) is 0. The zero-order chi connectivity index (χ0) is 58.8. The molecule has 3 aromatic carbocycles. The van der Waals surface area contributed by atoms with Gasteiger partial charge in [0.2, 0.25) is 17.7 Å². The molecular formula is C63H90N6O12. The van der Waals surface area contributed by atoms with E-state index in [2.05, 4.69) is 73.4 Å². The Hall–Kier alpha value is -6.85. The Morgan fingerprint density at radius 1 is 0.481 bits per heavy atom. The smallest absolute Gasteiger partial charge is 0.407 e. The van der Waals surface area contributed by atoms with Crippen molar-refractivity contribution in [2.45, 2.75) is 183 Å². The normalized spacial score (nSPS) is 19.7. The third-order valence-corrected chi connectivity index (χ3v) is 14.8. The van der Waals surface area contributed by atoms with Crippen molar-refractivity contribution in [3.05, 3.63) is 71.3 Å². The van der Waals surface area contributed by atoms with Crippen LogP contribution in [-0.2, 0) is 23.9 Å². The molecule has 3 aliphatic rings. The summed E-state index contributed by atoms with van der Waals surface area (Å²) in [5.74, 6) is -1.71. The van der Waals surface area contributed by atoms with E-state index in [9.17, 15) is 33.6 Å². The number of anilines is 3. The number of ether oxygens (including phenoxy) is 5. The third-order valence-electron chi connectivity index (χ3n) is 14.8. The fourth-order valence-electron chi connectivity index (χ4n) is 10.3. The summed E-state index contributed by atoms with van der Waals surface area (Å²) < 4.78 is 29.2. The number of rotatable bonds is 27. The number of alkyl carbamates (subject to hydrolysis) is 1. The number of carbonyl (C=O) groups is 7. The van der Waals surface area contributed by atoms with E-state index in [1.54, 1.807) is 75.4 Å². The van der Waals surface area contributed by atoms with Crippen LogP contribution in [0.15, 0.2) is 54.6 Å². The second-order valence-electron chi connectivity index (χ2n) is 24.3. The highest BCUT2D eigenvalue weighted by atomic mass is 16.6. The van der Waals surface area contributed by atoms with Gasteiger partial charge < -0.3 is 55.6 Å². The molecule has 6 atom stereocenters. The fourth-order valence-corrected chi connectivity index (χ4v) is 10.3. The SMILES string of the molecule is CCCCOC(=O)c1cc(NC(=O)[C@H]2CCC[C@@H]2NC(=O)c2cc(NC(=O)[C@H]3CCC[C@@H]3NC(=O)c3cc(NC(=O)[C@H]4CCC[C@@H]4NC(=O)OC(C)(C)C)cc(OCCC(C)C)c3)cc(OCCC(C)C)c2)cc(OCCC(C)C)c1. The highest BCUT2D eigenvalue weighted by Crippen LogP contribution is 2.34. The van der Waals surface area contributed by atoms with Crippen molar-refractivity contribution in [2.75, 3.05) is 42.4 Å². The van der Waals surface area contributed by atoms with Crippen LogP contribution in [0.1, 0.15) is 190 Å². The number of amides is 6. The number of hydrogen-bond donors (Lipinski definition) is 6. The first-order chi connectivity index (χ1) is 38.5. The van der Waals surface area contributed by atoms with Gasteiger partial charge in [-0.2, -0.15) is 0 Å². The van der Waals surface area contributed by atoms with Gasteiger partial charge in [-0.15, -0.1) is 0 Å². The molecule has 0 aliphatic heterocycles. The van der Waals surface area contributed by atoms with Gasteiger partial charge in [0.25, 0.3) is 11.8 Å². The molecule has 3 aliphatic carbocycles. The van der Waals surface area contributed by atoms with E-state index < -0.39 is 65.4 Å². The maximum Gasteiger partial charge on any atom is 0.407 e. The summed E-state index contributed by atoms with van der Waals surface area (Å²) in [6.07, 6.45) is 8.76. The summed E-state index contributed by atoms with van der Waals surface area (Å²) in [6.45, 7) is 21.4. The van der Waals surface area contributed by atoms with Crippen LogP contribution in [0, 0.1) is 35.5 Å². The third kappa shape index (κ3) is 20.3. The number of carbonyl (C=O) groups excluding carboxylic acids is 7. The quantitative estimate of drug-likeness (QED) is 0.0309. The molecule has 444 valence electrons. The van der Waals surface area contributed by atoms with Crippen molar-refractivity contribution in [1.29, 1.82) is 0 Å². The number of unbranched alkanes of at least 4 members (excludes halogenated alkanes) is 1. The Bertz CT molecular complexity index is 2650. The fraction of sp³-hybridized carbons (Fsp3) is 0.603. The first-order valence-electron chi connectivity index (χ1n) is 29.6. The molecule has 0 spiro atoms. The van der Waals surface area contributed by atoms with Crippen LogP contribution >= 0.6 is 0 Å². The van der Waals surface area contributed by atoms with Crippen molar-refractivity contribution in [3.63, 3.8) is 0 Å². The lowest BCUT2D eigenvalue weighted by molar-refractivity contribution is -0.121. The molecule has 0 aromatic heterocycles. The van der Waals surface area contributed by atoms with Crippen molar-refractivity contribution in [1.82, 2.24) is 16.0 Å². The Kier molecular flexibility index (Phi) is 23.7. The van der Waals surface area contributed by atoms with E-state index >= 15 is 0 Å². The number of benzene rings is 3. The first-order valence-corrected chi connectivity index (χ1v) is 29.6. The Labute approximate surface area is 479 Å². The van der Waals surface area contributed by atoms with Gasteiger partial charge in [-0.3, -0.25) is 24.0 Å². The van der Waals surface area contributed by atoms with Gasteiger partial charge in [0.05, 0.1) is 49.7 Å². The molecule has 18 nitrogen and oxygen atoms in total. The predicted octanol–water partition coefficient (Wildman–Crippen LogP) is 11.6. The second kappa shape index (κ2) is 30.3. The summed E-state index contributed by atoms with van der Waals surface area (Å²) in [5.41, 5.74) is 1.11. The second-order valence-corrected chi connectivity index (χ2v) is 24.3. The molecule has 3 aromatic rings. The molecular weight excluding hydrogens is 1030 g/mol. The zero-order valence-electron chi connectivity index (χ0n) is 49.5. The Morgan fingerprint density at radius 2 is 0.840 bits per heavy atom. The minimum absolute atomic E-state index is 0.230. The largest absolute Gasteiger partial charge is 0.493 e. The average molecular weight is 1120 g/mol. The topological polar surface area (TPSA) is 238 Å². The minimum Gasteiger partial charge on any atom is -0.493 e. The lowest BCUT2D eigenvalue weighted by atomic mass is 10.0. The van der Waals surface area contributed by atoms with Crippen LogP contribution in [0.2, 0.25) is 0 Å². The number of nitrogens with one attached hydrogen (secondary N) is 6. The van der Waals surface area contributed by atoms with Crippen molar-refractivity contribution < 1.29 is 57.2 Å². The summed E-state index contributed by atoms with van der Waals surface area (Å²) in [4.78, 5) is 96.4. The average Bonchev–Trinajstić information content (AvgIpc) is 4.23. The summed E-state index contributed by atoms with van der Waals surface area (Å²) >= 11 is 0. The van der Waals surface area contributed by atoms with Crippen molar-refractivity contribution in [3.8, 4) is 17.2 Å². The van der Waals surface area contributed by atoms with Crippen LogP contribution < -0.4 is 46.1 Å². The molecule has 6 rings (SSSR count). The van der Waals surface area contributed by atoms with Gasteiger partial charge in [-0.05, 0) is 139 Å². The molecule has 0 radical (unpaired) electrons. The molecule has 0 heterocycles. The molecule has 6 N–H and O–H groups in total. The van der Waals surface area contributed by atoms with Gasteiger partial charge >= 0.3 is 12.1 Å². The lowest BCUT2D eigenvalue weighted by Crippen LogP contribution is -2.44. The van der Waals surface area contributed by atoms with E-state index in [4.69, 9.17) is 23.7 Å². The van der Waals surface area contributed by atoms with Gasteiger partial charge in [0.1, 0.15) is 22.8 Å². The molecule has 81 heavy (non-hydrogen) atoms. The van der Waals surface area contributed by atoms with E-state index in [1.807, 2.05) is 6.92 Å². The van der Waals surface area contributed by atoms with E-state index in [0.29, 0.717) is 123 Å². The first kappa shape index (κ1) is 63.3. The van der Waals surface area contributed by atoms with E-state index in [-0.39, 0.29) is 41.0 Å². The Balaban J connectivity index is 1.14. The predicted molar refractivity (Wildman–Crippen MR) is 313 cm³/mol. The summed E-state index contributed by atoms with van der Waals surface area (Å²) in [5, 5.41) is 18.1. The van der Waals surface area contributed by atoms with Crippen molar-refractivity contribution in [2.24, 2.45) is 35.5 Å². The molecule has 0 bridgehead atoms. The van der Waals surface area contributed by atoms with Gasteiger partial charge in [0.15, 0.2) is 0 Å². The highest BCUT2D eigenvalue weighted by molar-refractivity contribution is 6.02. The standard InChI is InChI=1S/C63H90N6O12/c1-11-12-25-80-61(75)43-31-46(37-49(34-43)79-28-24-40(6)7)66-59(73)51-17-14-20-54(51)68-56(70)41-29-44(35-47(32-41)77-26-22-38(2)3)64-58(72)50-16-13-19-53(50)67-57(71)42-30-45(36-48(33-42)78-27-23-39(4)5)65-60(74)52-18-15-21-55(52)69-62(76)81-63(8,9)10/h29-40,50-55H,11-28H2,1-10H3,(H,64,72)(H,65,74)(H,66,73)(H,67,71)(H,68,70)(H,69,76)/t50-,51-,52-,53-,54-,55-/m0/s1. The van der Waals surface area contributed by atoms with E-state index in [1.165, 1.54) is 0 Å². The van der Waals surface area contributed by atoms with Gasteiger partial charge in [0, 0.05) is 64.5 Å². The zero-order valence-corrected chi connectivity index (χ0v) is 49.5. The maximum atomic E-state index is 14.3. The van der Waals surface area contributed by atoms with E-state index in [0.717, 1.165) is 38.5 Å². The molecule has 0 saturated heterocycles. The minimum atomic E-state index is -0.695. The van der Waals surface area contributed by atoms with Gasteiger partial charge in [-0.1, -0.05) is 74.1 Å². The van der Waals surface area contributed by atoms with Crippen LogP contribution in [0.4, 0.5) is 21.9 Å².